The highest BCUT2D eigenvalue weighted by atomic mass is 35.6. The third kappa shape index (κ3) is 53.4. The molecule has 0 N–H and O–H groups in total. The van der Waals surface area contributed by atoms with Crippen LogP contribution in [-0.4, -0.2) is 254 Å². The zero-order valence-electron chi connectivity index (χ0n) is 85.2. The highest BCUT2D eigenvalue weighted by molar-refractivity contribution is 6.66. The molecule has 0 aromatic heterocycles. The van der Waals surface area contributed by atoms with E-state index in [1.54, 1.807) is 34.8 Å². The zero-order chi connectivity index (χ0) is 100. The zero-order valence-corrected chi connectivity index (χ0v) is 87.5. The smallest absolute Gasteiger partial charge is 0.340 e. The van der Waals surface area contributed by atoms with Crippen LogP contribution in [-0.2, 0) is 152 Å². The molecule has 32 nitrogen and oxygen atoms in total. The van der Waals surface area contributed by atoms with Crippen molar-refractivity contribution in [3.63, 3.8) is 0 Å². The topological polar surface area (TPSA) is 374 Å². The normalized spacial score (nSPS) is 29.0. The van der Waals surface area contributed by atoms with Gasteiger partial charge in [-0.3, -0.25) is 47.9 Å². The van der Waals surface area contributed by atoms with Gasteiger partial charge in [-0.25, -0.2) is 0 Å². The lowest BCUT2D eigenvalue weighted by molar-refractivity contribution is -0.205. The summed E-state index contributed by atoms with van der Waals surface area (Å²) in [6, 6.07) is 0. The minimum absolute atomic E-state index is 0. The van der Waals surface area contributed by atoms with Crippen LogP contribution >= 0.6 is 34.8 Å². The summed E-state index contributed by atoms with van der Waals surface area (Å²) in [5, 5.41) is 0. The molecular formula is C112H225Cl3O32. The SMILES string of the molecule is C.C.C.C.C.C.C.C.C.C.C.C.C.C.CCC1CC(C(=O)OC2CCCCO2)C(CC)O1.CCC1CC(C(CC(=O)OC)OC2CCCCO2)C(CC)O1.CCC1OC(CC)C(C(=O)OC(C)(C)C)C1C(=O)OC.CCC1OC(CC)C(C(=O)OC(Cl)(Cl)Cl)C1C(=O)OC(C)(C)C.CCC1OC(CC)C(C(=O)OC)C1C(=O)OC.CCC1OC(CC)C(C(=O)OC)C1COC.CCOC(C)OC(=O)C1CC(CC)OC1CC. The van der Waals surface area contributed by atoms with Crippen LogP contribution in [0.5, 0.6) is 0 Å². The van der Waals surface area contributed by atoms with E-state index in [-0.39, 0.29) is 262 Å². The average molecular weight is 2190 g/mol. The predicted octanol–water partition coefficient (Wildman–Crippen LogP) is 26.2. The van der Waals surface area contributed by atoms with Crippen molar-refractivity contribution in [2.45, 2.75) is 536 Å². The summed E-state index contributed by atoms with van der Waals surface area (Å²) in [4.78, 5) is 121. The summed E-state index contributed by atoms with van der Waals surface area (Å²) in [6.45, 7) is 44.9. The summed E-state index contributed by atoms with van der Waals surface area (Å²) in [6.07, 6.45) is 17.6. The van der Waals surface area contributed by atoms with Crippen molar-refractivity contribution < 1.29 is 152 Å². The Morgan fingerprint density at radius 2 is 0.626 bits per heavy atom. The van der Waals surface area contributed by atoms with Gasteiger partial charge >= 0.3 is 63.7 Å². The van der Waals surface area contributed by atoms with Gasteiger partial charge < -0.3 is 104 Å². The summed E-state index contributed by atoms with van der Waals surface area (Å²) in [5.74, 6) is -7.57. The Hall–Kier alpha value is -4.91. The van der Waals surface area contributed by atoms with Crippen LogP contribution in [0.1, 0.15) is 410 Å². The molecule has 147 heavy (non-hydrogen) atoms. The maximum atomic E-state index is 12.6. The molecule has 9 heterocycles. The van der Waals surface area contributed by atoms with Crippen LogP contribution in [0.2, 0.25) is 0 Å². The van der Waals surface area contributed by atoms with E-state index >= 15 is 0 Å². The molecule has 35 heteroatoms. The van der Waals surface area contributed by atoms with Crippen molar-refractivity contribution in [3.05, 3.63) is 0 Å². The molecule has 0 radical (unpaired) electrons. The number of ether oxygens (including phenoxy) is 22. The summed E-state index contributed by atoms with van der Waals surface area (Å²) in [7, 11) is 8.48. The first-order chi connectivity index (χ1) is 63.0. The second kappa shape index (κ2) is 85.4. The number of rotatable bonds is 34. The summed E-state index contributed by atoms with van der Waals surface area (Å²) in [5.41, 5.74) is -1.26. The molecule has 0 aromatic carbocycles. The van der Waals surface area contributed by atoms with Gasteiger partial charge in [0.05, 0.1) is 200 Å². The molecule has 0 amide bonds. The van der Waals surface area contributed by atoms with Crippen LogP contribution in [0.3, 0.4) is 0 Å². The van der Waals surface area contributed by atoms with Gasteiger partial charge in [0, 0.05) is 38.6 Å². The Morgan fingerprint density at radius 1 is 0.327 bits per heavy atom. The van der Waals surface area contributed by atoms with Crippen molar-refractivity contribution in [3.8, 4) is 0 Å². The molecule has 9 rings (SSSR count). The van der Waals surface area contributed by atoms with E-state index in [1.165, 1.54) is 35.5 Å². The maximum Gasteiger partial charge on any atom is 0.340 e. The molecule has 9 aliphatic heterocycles. The van der Waals surface area contributed by atoms with E-state index in [4.69, 9.17) is 139 Å². The number of hydrogen-bond donors (Lipinski definition) is 0. The van der Waals surface area contributed by atoms with E-state index in [0.717, 1.165) is 116 Å². The van der Waals surface area contributed by atoms with E-state index in [0.29, 0.717) is 58.3 Å². The largest absolute Gasteiger partial charge is 0.469 e. The molecule has 9 aliphatic rings. The molecule has 0 bridgehead atoms. The van der Waals surface area contributed by atoms with Crippen LogP contribution in [0.25, 0.3) is 0 Å². The minimum Gasteiger partial charge on any atom is -0.469 e. The molecule has 886 valence electrons. The second-order valence-electron chi connectivity index (χ2n) is 36.8. The van der Waals surface area contributed by atoms with E-state index in [9.17, 15) is 47.9 Å². The lowest BCUT2D eigenvalue weighted by atomic mass is 9.85. The first-order valence-corrected chi connectivity index (χ1v) is 50.2. The number of carbonyl (C=O) groups excluding carboxylic acids is 10. The van der Waals surface area contributed by atoms with Gasteiger partial charge in [-0.15, -0.1) is 0 Å². The molecular weight excluding hydrogens is 1960 g/mol. The highest BCUT2D eigenvalue weighted by Gasteiger charge is 2.57. The van der Waals surface area contributed by atoms with Crippen LogP contribution < -0.4 is 0 Å². The molecule has 29 atom stereocenters. The standard InChI is InChI=1S/C17H30O5.C15H23Cl3O5.C15H26O5.C14H24O4.C13H24O4.C12H20O5.C12H22O4.14CH4/c1-4-12-10-13(14(5-2)21-12)15(11-16(18)19-3)22-17-8-6-7-9-20-17;1-6-8-10(12(19)22-14(3,4)5)11(9(7-2)21-8)13(20)23-15(16,17)18;1-7-9-11(13(16)18-6)12(10(8-2)19-9)14(17)20-15(3,4)5;1-3-10-9-11(12(4-2)17-10)14(15)18-13-7-5-6-8-16-13;1-5-10-8-11(12(6-2)17-10)13(14)16-9(4)15-7-3;1-5-7-9(11(13)15-3)10(12(14)16-4)8(6-2)17-7;1-5-9-8(7-14-3)11(12(13)15-4)10(6-2)16-9;;;;;;;;;;;;;;/h12-15,17H,4-11H2,1-3H3;8-11H,6-7H2,1-5H3;9-12H,7-8H2,1-6H3;10-13H,3-9H2,1-2H3;9-12H,5-8H2,1-4H3;7-10H,5-6H2,1-4H3;8-11H,5-7H2,1-4H3;14*1H4. The highest BCUT2D eigenvalue weighted by Crippen LogP contribution is 2.45. The van der Waals surface area contributed by atoms with Gasteiger partial charge in [-0.05, 0) is 231 Å². The van der Waals surface area contributed by atoms with Crippen molar-refractivity contribution in [2.24, 2.45) is 65.1 Å². The molecule has 29 unspecified atom stereocenters. The molecule has 0 saturated carbocycles. The summed E-state index contributed by atoms with van der Waals surface area (Å²) >= 11 is 16.6. The number of carbonyl (C=O) groups is 10. The fraction of sp³-hybridized carbons (Fsp3) is 0.911. The van der Waals surface area contributed by atoms with Gasteiger partial charge in [0.15, 0.2) is 12.6 Å². The molecule has 9 saturated heterocycles. The number of halogens is 3. The Labute approximate surface area is 911 Å². The Bertz CT molecular complexity index is 3310. The molecule has 0 aliphatic carbocycles. The van der Waals surface area contributed by atoms with Crippen molar-refractivity contribution in [1.82, 2.24) is 0 Å². The van der Waals surface area contributed by atoms with Gasteiger partial charge in [0.1, 0.15) is 11.2 Å². The van der Waals surface area contributed by atoms with Gasteiger partial charge in [0.2, 0.25) is 6.29 Å². The van der Waals surface area contributed by atoms with Crippen molar-refractivity contribution in [2.75, 3.05) is 69.1 Å². The summed E-state index contributed by atoms with van der Waals surface area (Å²) < 4.78 is 117. The maximum absolute atomic E-state index is 12.6. The first kappa shape index (κ1) is 167. The van der Waals surface area contributed by atoms with Gasteiger partial charge in [-0.2, -0.15) is 0 Å². The predicted molar refractivity (Wildman–Crippen MR) is 591 cm³/mol. The molecule has 0 spiro atoms. The average Bonchev–Trinajstić information content (AvgIpc) is 1.64. The third-order valence-electron chi connectivity index (χ3n) is 25.5. The molecule has 9 fully saturated rings. The number of alkyl halides is 3. The van der Waals surface area contributed by atoms with Crippen molar-refractivity contribution in [1.29, 1.82) is 0 Å². The Balaban J connectivity index is -0.000000143. The van der Waals surface area contributed by atoms with E-state index < -0.39 is 99.0 Å². The monoisotopic (exact) mass is 2190 g/mol. The Morgan fingerprint density at radius 3 is 0.918 bits per heavy atom. The molecule has 0 aromatic rings. The first-order valence-electron chi connectivity index (χ1n) is 49.1. The van der Waals surface area contributed by atoms with Crippen LogP contribution in [0.15, 0.2) is 0 Å². The van der Waals surface area contributed by atoms with Crippen LogP contribution in [0.4, 0.5) is 0 Å². The number of methoxy groups -OCH3 is 6. The third-order valence-corrected chi connectivity index (χ3v) is 25.7. The minimum atomic E-state index is -2.18. The lowest BCUT2D eigenvalue weighted by Gasteiger charge is -2.32. The Kier molecular flexibility index (Phi) is 97.1. The quantitative estimate of drug-likeness (QED) is 0.0250. The van der Waals surface area contributed by atoms with Crippen molar-refractivity contribution >= 4 is 94.5 Å². The van der Waals surface area contributed by atoms with Gasteiger partial charge in [0.25, 0.3) is 0 Å². The number of hydrogen-bond acceptors (Lipinski definition) is 32. The lowest BCUT2D eigenvalue weighted by Crippen LogP contribution is -2.40. The fourth-order valence-electron chi connectivity index (χ4n) is 18.8. The second-order valence-corrected chi connectivity index (χ2v) is 39.0. The van der Waals surface area contributed by atoms with E-state index in [2.05, 4.69) is 41.5 Å². The van der Waals surface area contributed by atoms with Crippen LogP contribution in [0, 0.1) is 65.1 Å². The fourth-order valence-corrected chi connectivity index (χ4v) is 19.0. The van der Waals surface area contributed by atoms with E-state index in [1.807, 2.05) is 83.1 Å². The number of esters is 10. The van der Waals surface area contributed by atoms with Gasteiger partial charge in [-0.1, -0.05) is 201 Å².